The third-order valence-electron chi connectivity index (χ3n) is 5.82. The van der Waals surface area contributed by atoms with Gasteiger partial charge in [0.25, 0.3) is 5.88 Å². The van der Waals surface area contributed by atoms with Crippen LogP contribution in [0, 0.1) is 17.8 Å². The Morgan fingerprint density at radius 3 is 2.44 bits per heavy atom. The van der Waals surface area contributed by atoms with Crippen molar-refractivity contribution in [3.8, 4) is 11.6 Å². The monoisotopic (exact) mass is 467 g/mol. The summed E-state index contributed by atoms with van der Waals surface area (Å²) in [5, 5.41) is 0. The number of hydrogen-bond donors (Lipinski definition) is 0. The van der Waals surface area contributed by atoms with E-state index in [9.17, 15) is 9.59 Å². The quantitative estimate of drug-likeness (QED) is 0.290. The molecule has 1 aromatic heterocycles. The van der Waals surface area contributed by atoms with Gasteiger partial charge in [0.2, 0.25) is 0 Å². The summed E-state index contributed by atoms with van der Waals surface area (Å²) < 4.78 is 17.7. The topological polar surface area (TPSA) is 74.7 Å². The third-order valence-corrected chi connectivity index (χ3v) is 5.82. The van der Waals surface area contributed by atoms with E-state index in [2.05, 4.69) is 4.98 Å². The number of carbonyl (C=O) groups is 2. The Kier molecular flexibility index (Phi) is 8.70. The molecule has 1 aromatic carbocycles. The van der Waals surface area contributed by atoms with Gasteiger partial charge in [0.15, 0.2) is 12.0 Å². The number of pyridine rings is 1. The highest BCUT2D eigenvalue weighted by molar-refractivity contribution is 5.79. The lowest BCUT2D eigenvalue weighted by atomic mass is 9.89. The number of nitrogens with zero attached hydrogens (tertiary/aromatic N) is 1. The molecule has 34 heavy (non-hydrogen) atoms. The standard InChI is InChI=1S/C28H37NO5/c1-19(2)23(27(31)34-28(3,4)5)16-24-22(17-30)15-25(33-18-21-9-7-6-8-10-21)26(29-24)32-14-13-20-11-12-20/h6-10,15,17,19-20,23H,11-14,16,18H2,1-5H3. The Labute approximate surface area is 203 Å². The number of aldehydes is 1. The number of esters is 1. The van der Waals surface area contributed by atoms with Gasteiger partial charge in [-0.25, -0.2) is 4.98 Å². The molecular formula is C28H37NO5. The van der Waals surface area contributed by atoms with Gasteiger partial charge in [-0.15, -0.1) is 0 Å². The van der Waals surface area contributed by atoms with Gasteiger partial charge in [0.1, 0.15) is 12.2 Å². The first kappa shape index (κ1) is 25.7. The van der Waals surface area contributed by atoms with Gasteiger partial charge in [-0.1, -0.05) is 57.0 Å². The Balaban J connectivity index is 1.85. The second-order valence-corrected chi connectivity index (χ2v) is 10.4. The molecule has 0 N–H and O–H groups in total. The predicted octanol–water partition coefficient (Wildman–Crippen LogP) is 5.81. The van der Waals surface area contributed by atoms with E-state index < -0.39 is 11.5 Å². The molecule has 0 saturated heterocycles. The van der Waals surface area contributed by atoms with Gasteiger partial charge in [-0.3, -0.25) is 9.59 Å². The number of carbonyl (C=O) groups excluding carboxylic acids is 2. The first-order valence-electron chi connectivity index (χ1n) is 12.2. The summed E-state index contributed by atoms with van der Waals surface area (Å²) in [6.07, 6.45) is 4.51. The molecular weight excluding hydrogens is 430 g/mol. The molecule has 1 fully saturated rings. The van der Waals surface area contributed by atoms with E-state index in [4.69, 9.17) is 14.2 Å². The fourth-order valence-electron chi connectivity index (χ4n) is 3.64. The van der Waals surface area contributed by atoms with Crippen molar-refractivity contribution in [2.45, 2.75) is 72.5 Å². The summed E-state index contributed by atoms with van der Waals surface area (Å²) in [7, 11) is 0. The lowest BCUT2D eigenvalue weighted by Gasteiger charge is -2.26. The summed E-state index contributed by atoms with van der Waals surface area (Å²) in [5.74, 6) is 0.819. The normalized spacial score (nSPS) is 14.5. The second-order valence-electron chi connectivity index (χ2n) is 10.4. The number of benzene rings is 1. The van der Waals surface area contributed by atoms with Crippen LogP contribution in [0.1, 0.15) is 75.5 Å². The van der Waals surface area contributed by atoms with E-state index in [0.717, 1.165) is 24.2 Å². The molecule has 0 spiro atoms. The van der Waals surface area contributed by atoms with Crippen LogP contribution in [0.25, 0.3) is 0 Å². The van der Waals surface area contributed by atoms with Gasteiger partial charge in [-0.2, -0.15) is 0 Å². The van der Waals surface area contributed by atoms with E-state index in [1.54, 1.807) is 6.07 Å². The molecule has 0 aliphatic heterocycles. The molecule has 0 radical (unpaired) electrons. The van der Waals surface area contributed by atoms with Crippen molar-refractivity contribution in [2.75, 3.05) is 6.61 Å². The van der Waals surface area contributed by atoms with E-state index in [1.807, 2.05) is 65.0 Å². The lowest BCUT2D eigenvalue weighted by molar-refractivity contribution is -0.161. The number of rotatable bonds is 12. The van der Waals surface area contributed by atoms with Gasteiger partial charge >= 0.3 is 5.97 Å². The minimum Gasteiger partial charge on any atom is -0.483 e. The van der Waals surface area contributed by atoms with Crippen molar-refractivity contribution < 1.29 is 23.8 Å². The molecule has 184 valence electrons. The zero-order valence-electron chi connectivity index (χ0n) is 21.0. The molecule has 3 rings (SSSR count). The van der Waals surface area contributed by atoms with Crippen LogP contribution in [0.4, 0.5) is 0 Å². The van der Waals surface area contributed by atoms with Crippen LogP contribution in [0.15, 0.2) is 36.4 Å². The SMILES string of the molecule is CC(C)C(Cc1nc(OCCC2CC2)c(OCc2ccccc2)cc1C=O)C(=O)OC(C)(C)C. The summed E-state index contributed by atoms with van der Waals surface area (Å²) in [6, 6.07) is 11.5. The van der Waals surface area contributed by atoms with Crippen LogP contribution < -0.4 is 9.47 Å². The average Bonchev–Trinajstić information content (AvgIpc) is 3.60. The molecule has 2 aromatic rings. The highest BCUT2D eigenvalue weighted by Crippen LogP contribution is 2.34. The number of hydrogen-bond acceptors (Lipinski definition) is 6. The maximum absolute atomic E-state index is 12.9. The van der Waals surface area contributed by atoms with Crippen LogP contribution in [0.2, 0.25) is 0 Å². The Bertz CT molecular complexity index is 961. The van der Waals surface area contributed by atoms with E-state index >= 15 is 0 Å². The molecule has 0 bridgehead atoms. The van der Waals surface area contributed by atoms with Crippen LogP contribution in [0.5, 0.6) is 11.6 Å². The van der Waals surface area contributed by atoms with Crippen molar-refractivity contribution >= 4 is 12.3 Å². The number of aromatic nitrogens is 1. The summed E-state index contributed by atoms with van der Waals surface area (Å²) in [6.45, 7) is 10.4. The molecule has 1 aliphatic carbocycles. The molecule has 6 nitrogen and oxygen atoms in total. The third kappa shape index (κ3) is 7.86. The van der Waals surface area contributed by atoms with E-state index in [0.29, 0.717) is 42.5 Å². The van der Waals surface area contributed by atoms with Gasteiger partial charge in [0, 0.05) is 12.0 Å². The molecule has 1 atom stereocenters. The van der Waals surface area contributed by atoms with Gasteiger partial charge < -0.3 is 14.2 Å². The van der Waals surface area contributed by atoms with Crippen molar-refractivity contribution in [3.63, 3.8) is 0 Å². The summed E-state index contributed by atoms with van der Waals surface area (Å²) >= 11 is 0. The number of ether oxygens (including phenoxy) is 3. The largest absolute Gasteiger partial charge is 0.483 e. The highest BCUT2D eigenvalue weighted by Gasteiger charge is 2.30. The van der Waals surface area contributed by atoms with Crippen LogP contribution in [-0.2, 0) is 22.6 Å². The Hall–Kier alpha value is -2.89. The summed E-state index contributed by atoms with van der Waals surface area (Å²) in [5.41, 5.74) is 1.34. The van der Waals surface area contributed by atoms with Crippen LogP contribution >= 0.6 is 0 Å². The smallest absolute Gasteiger partial charge is 0.310 e. The second kappa shape index (κ2) is 11.5. The fraction of sp³-hybridized carbons (Fsp3) is 0.536. The minimum atomic E-state index is -0.586. The summed E-state index contributed by atoms with van der Waals surface area (Å²) in [4.78, 5) is 29.5. The average molecular weight is 468 g/mol. The molecule has 1 aliphatic rings. The van der Waals surface area contributed by atoms with Crippen molar-refractivity contribution in [1.82, 2.24) is 4.98 Å². The minimum absolute atomic E-state index is 0.0180. The van der Waals surface area contributed by atoms with Crippen LogP contribution in [-0.4, -0.2) is 29.4 Å². The zero-order chi connectivity index (χ0) is 24.7. The first-order chi connectivity index (χ1) is 16.2. The maximum Gasteiger partial charge on any atom is 0.310 e. The predicted molar refractivity (Wildman–Crippen MR) is 131 cm³/mol. The molecule has 0 amide bonds. The highest BCUT2D eigenvalue weighted by atomic mass is 16.6. The Morgan fingerprint density at radius 1 is 1.15 bits per heavy atom. The zero-order valence-corrected chi connectivity index (χ0v) is 21.0. The van der Waals surface area contributed by atoms with E-state index in [-0.39, 0.29) is 11.9 Å². The van der Waals surface area contributed by atoms with Gasteiger partial charge in [-0.05, 0) is 50.7 Å². The lowest BCUT2D eigenvalue weighted by Crippen LogP contribution is -2.32. The van der Waals surface area contributed by atoms with Gasteiger partial charge in [0.05, 0.1) is 18.2 Å². The molecule has 1 saturated carbocycles. The Morgan fingerprint density at radius 2 is 1.85 bits per heavy atom. The molecule has 6 heteroatoms. The van der Waals surface area contributed by atoms with Crippen molar-refractivity contribution in [2.24, 2.45) is 17.8 Å². The molecule has 1 heterocycles. The van der Waals surface area contributed by atoms with Crippen LogP contribution in [0.3, 0.4) is 0 Å². The van der Waals surface area contributed by atoms with Crippen molar-refractivity contribution in [1.29, 1.82) is 0 Å². The first-order valence-corrected chi connectivity index (χ1v) is 12.2. The van der Waals surface area contributed by atoms with Crippen molar-refractivity contribution in [3.05, 3.63) is 53.2 Å². The molecule has 1 unspecified atom stereocenters. The maximum atomic E-state index is 12.9. The fourth-order valence-corrected chi connectivity index (χ4v) is 3.64. The van der Waals surface area contributed by atoms with E-state index in [1.165, 1.54) is 12.8 Å².